The van der Waals surface area contributed by atoms with Gasteiger partial charge >= 0.3 is 0 Å². The van der Waals surface area contributed by atoms with Crippen molar-refractivity contribution < 1.29 is 13.3 Å². The maximum Gasteiger partial charge on any atom is 0.273 e. The Kier molecular flexibility index (Phi) is 4.78. The molecule has 136 valence electrons. The van der Waals surface area contributed by atoms with Gasteiger partial charge in [0.15, 0.2) is 0 Å². The molecule has 0 radical (unpaired) electrons. The number of rotatable bonds is 5. The van der Waals surface area contributed by atoms with Crippen molar-refractivity contribution in [2.24, 2.45) is 0 Å². The van der Waals surface area contributed by atoms with E-state index in [1.165, 1.54) is 34.8 Å². The lowest BCUT2D eigenvalue weighted by molar-refractivity contribution is -0.385. The number of nitrogens with zero attached hydrogens (tertiary/aromatic N) is 3. The molecule has 3 aromatic rings. The number of fused-ring (bicyclic) bond motifs is 1. The summed E-state index contributed by atoms with van der Waals surface area (Å²) in [4.78, 5) is 14.9. The number of thiazole rings is 1. The van der Waals surface area contributed by atoms with Crippen molar-refractivity contribution in [2.45, 2.75) is 24.8 Å². The Hall–Kier alpha value is -2.36. The van der Waals surface area contributed by atoms with Crippen molar-refractivity contribution in [3.8, 4) is 0 Å². The van der Waals surface area contributed by atoms with E-state index in [1.807, 2.05) is 24.3 Å². The molecule has 0 unspecified atom stereocenters. The second kappa shape index (κ2) is 6.75. The van der Waals surface area contributed by atoms with Crippen molar-refractivity contribution in [1.82, 2.24) is 9.29 Å². The van der Waals surface area contributed by atoms with Crippen molar-refractivity contribution in [3.05, 3.63) is 63.1 Å². The third kappa shape index (κ3) is 3.20. The van der Waals surface area contributed by atoms with Gasteiger partial charge < -0.3 is 0 Å². The quantitative estimate of drug-likeness (QED) is 0.486. The number of hydrogen-bond acceptors (Lipinski definition) is 6. The van der Waals surface area contributed by atoms with Crippen LogP contribution in [0.2, 0.25) is 0 Å². The molecule has 0 aliphatic carbocycles. The number of aromatic nitrogens is 1. The molecule has 1 heterocycles. The molecular weight excluding hydrogens is 374 g/mol. The summed E-state index contributed by atoms with van der Waals surface area (Å²) >= 11 is 1.43. The molecule has 0 amide bonds. The monoisotopic (exact) mass is 391 g/mol. The fourth-order valence-corrected chi connectivity index (χ4v) is 5.02. The predicted molar refractivity (Wildman–Crippen MR) is 101 cm³/mol. The summed E-state index contributed by atoms with van der Waals surface area (Å²) in [5, 5.41) is 11.8. The van der Waals surface area contributed by atoms with Crippen LogP contribution in [0.4, 0.5) is 5.69 Å². The van der Waals surface area contributed by atoms with E-state index >= 15 is 0 Å². The summed E-state index contributed by atoms with van der Waals surface area (Å²) in [6, 6.07) is 11.0. The lowest BCUT2D eigenvalue weighted by Gasteiger charge is -2.22. The first kappa shape index (κ1) is 18.4. The van der Waals surface area contributed by atoms with E-state index in [0.717, 1.165) is 16.3 Å². The molecule has 2 aromatic carbocycles. The fourth-order valence-electron chi connectivity index (χ4n) is 2.55. The van der Waals surface area contributed by atoms with Gasteiger partial charge in [-0.15, -0.1) is 11.3 Å². The summed E-state index contributed by atoms with van der Waals surface area (Å²) < 4.78 is 28.0. The van der Waals surface area contributed by atoms with Crippen molar-refractivity contribution in [2.75, 3.05) is 7.05 Å². The first-order valence-corrected chi connectivity index (χ1v) is 10.1. The Bertz CT molecular complexity index is 1060. The summed E-state index contributed by atoms with van der Waals surface area (Å²) in [6.45, 7) is 3.32. The molecule has 1 atom stereocenters. The molecule has 0 spiro atoms. The second-order valence-corrected chi connectivity index (χ2v) is 8.98. The van der Waals surface area contributed by atoms with E-state index in [0.29, 0.717) is 10.6 Å². The third-order valence-electron chi connectivity index (χ3n) is 4.27. The lowest BCUT2D eigenvalue weighted by Crippen LogP contribution is -2.29. The van der Waals surface area contributed by atoms with Crippen LogP contribution in [0.25, 0.3) is 10.2 Å². The van der Waals surface area contributed by atoms with E-state index in [1.54, 1.807) is 13.8 Å². The molecule has 3 rings (SSSR count). The summed E-state index contributed by atoms with van der Waals surface area (Å²) in [7, 11) is -2.44. The average Bonchev–Trinajstić information content (AvgIpc) is 3.04. The maximum absolute atomic E-state index is 12.9. The lowest BCUT2D eigenvalue weighted by atomic mass is 10.2. The molecule has 0 saturated carbocycles. The summed E-state index contributed by atoms with van der Waals surface area (Å²) in [5.74, 6) is 0. The molecule has 0 aliphatic heterocycles. The zero-order chi connectivity index (χ0) is 19.1. The van der Waals surface area contributed by atoms with Crippen LogP contribution in [-0.2, 0) is 10.0 Å². The highest BCUT2D eigenvalue weighted by atomic mass is 32.2. The zero-order valence-corrected chi connectivity index (χ0v) is 16.0. The molecule has 0 saturated heterocycles. The van der Waals surface area contributed by atoms with Crippen LogP contribution in [0.5, 0.6) is 0 Å². The molecule has 1 aromatic heterocycles. The molecular formula is C17H17N3O4S2. The van der Waals surface area contributed by atoms with Gasteiger partial charge in [-0.25, -0.2) is 13.4 Å². The minimum absolute atomic E-state index is 0.106. The van der Waals surface area contributed by atoms with Crippen LogP contribution in [0, 0.1) is 17.0 Å². The van der Waals surface area contributed by atoms with Crippen molar-refractivity contribution in [1.29, 1.82) is 0 Å². The molecule has 0 N–H and O–H groups in total. The predicted octanol–water partition coefficient (Wildman–Crippen LogP) is 3.89. The van der Waals surface area contributed by atoms with Gasteiger partial charge in [-0.3, -0.25) is 10.1 Å². The molecule has 0 aliphatic rings. The van der Waals surface area contributed by atoms with E-state index in [9.17, 15) is 18.5 Å². The Morgan fingerprint density at radius 3 is 2.58 bits per heavy atom. The highest BCUT2D eigenvalue weighted by Crippen LogP contribution is 2.32. The van der Waals surface area contributed by atoms with Crippen LogP contribution in [0.15, 0.2) is 47.4 Å². The van der Waals surface area contributed by atoms with E-state index in [4.69, 9.17) is 0 Å². The number of para-hydroxylation sites is 1. The van der Waals surface area contributed by atoms with Crippen molar-refractivity contribution >= 4 is 37.3 Å². The molecule has 0 fully saturated rings. The molecule has 26 heavy (non-hydrogen) atoms. The van der Waals surface area contributed by atoms with Crippen LogP contribution in [0.3, 0.4) is 0 Å². The van der Waals surface area contributed by atoms with Crippen LogP contribution >= 0.6 is 11.3 Å². The Balaban J connectivity index is 1.98. The van der Waals surface area contributed by atoms with Gasteiger partial charge in [-0.2, -0.15) is 4.31 Å². The Labute approximate surface area is 155 Å². The van der Waals surface area contributed by atoms with Gasteiger partial charge in [0.25, 0.3) is 5.69 Å². The van der Waals surface area contributed by atoms with Gasteiger partial charge in [0, 0.05) is 18.7 Å². The highest BCUT2D eigenvalue weighted by molar-refractivity contribution is 7.89. The largest absolute Gasteiger partial charge is 0.273 e. The van der Waals surface area contributed by atoms with E-state index < -0.39 is 21.0 Å². The Morgan fingerprint density at radius 1 is 1.23 bits per heavy atom. The summed E-state index contributed by atoms with van der Waals surface area (Å²) in [6.07, 6.45) is 0. The zero-order valence-electron chi connectivity index (χ0n) is 14.4. The van der Waals surface area contributed by atoms with Gasteiger partial charge in [0.2, 0.25) is 10.0 Å². The first-order chi connectivity index (χ1) is 12.2. The number of nitro benzene ring substituents is 1. The summed E-state index contributed by atoms with van der Waals surface area (Å²) in [5.41, 5.74) is 1.01. The molecule has 9 heteroatoms. The van der Waals surface area contributed by atoms with Crippen LogP contribution < -0.4 is 0 Å². The molecule has 7 nitrogen and oxygen atoms in total. The van der Waals surface area contributed by atoms with Gasteiger partial charge in [0.05, 0.1) is 26.1 Å². The number of aryl methyl sites for hydroxylation is 1. The van der Waals surface area contributed by atoms with Gasteiger partial charge in [0.1, 0.15) is 5.01 Å². The smallest absolute Gasteiger partial charge is 0.258 e. The normalized spacial score (nSPS) is 13.2. The minimum atomic E-state index is -3.90. The third-order valence-corrected chi connectivity index (χ3v) is 7.40. The standard InChI is InChI=1S/C17H17N3O4S2/c1-11-8-9-13(10-15(11)20(21)22)26(23,24)19(3)12(2)17-18-14-6-4-5-7-16(14)25-17/h4-10,12H,1-3H3/t12-/m0/s1. The maximum atomic E-state index is 12.9. The highest BCUT2D eigenvalue weighted by Gasteiger charge is 2.29. The van der Waals surface area contributed by atoms with Gasteiger partial charge in [-0.05, 0) is 32.0 Å². The van der Waals surface area contributed by atoms with E-state index in [2.05, 4.69) is 4.98 Å². The molecule has 0 bridgehead atoms. The number of sulfonamides is 1. The van der Waals surface area contributed by atoms with Crippen LogP contribution in [0.1, 0.15) is 23.5 Å². The van der Waals surface area contributed by atoms with Gasteiger partial charge in [-0.1, -0.05) is 18.2 Å². The second-order valence-electron chi connectivity index (χ2n) is 5.92. The SMILES string of the molecule is Cc1ccc(S(=O)(=O)N(C)[C@@H](C)c2nc3ccccc3s2)cc1[N+](=O)[O-]. The average molecular weight is 391 g/mol. The number of benzene rings is 2. The first-order valence-electron chi connectivity index (χ1n) is 7.80. The topological polar surface area (TPSA) is 93.4 Å². The Morgan fingerprint density at radius 2 is 1.92 bits per heavy atom. The number of hydrogen-bond donors (Lipinski definition) is 0. The fraction of sp³-hybridized carbons (Fsp3) is 0.235. The van der Waals surface area contributed by atoms with Crippen LogP contribution in [-0.4, -0.2) is 29.7 Å². The van der Waals surface area contributed by atoms with E-state index in [-0.39, 0.29) is 10.6 Å². The minimum Gasteiger partial charge on any atom is -0.258 e. The number of nitro groups is 1. The van der Waals surface area contributed by atoms with Crippen molar-refractivity contribution in [3.63, 3.8) is 0 Å².